The third-order valence-electron chi connectivity index (χ3n) is 4.40. The lowest BCUT2D eigenvalue weighted by Crippen LogP contribution is -2.21. The van der Waals surface area contributed by atoms with E-state index in [-0.39, 0.29) is 11.5 Å². The number of carbonyl (C=O) groups is 2. The van der Waals surface area contributed by atoms with Gasteiger partial charge in [0.1, 0.15) is 5.69 Å². The van der Waals surface area contributed by atoms with Crippen molar-refractivity contribution in [3.05, 3.63) is 52.1 Å². The first kappa shape index (κ1) is 25.5. The van der Waals surface area contributed by atoms with E-state index in [4.69, 9.17) is 9.90 Å². The van der Waals surface area contributed by atoms with Crippen molar-refractivity contribution in [3.8, 4) is 0 Å². The number of halogens is 3. The van der Waals surface area contributed by atoms with Crippen molar-refractivity contribution in [1.82, 2.24) is 24.2 Å². The van der Waals surface area contributed by atoms with Gasteiger partial charge in [-0.25, -0.2) is 9.78 Å². The van der Waals surface area contributed by atoms with Crippen LogP contribution in [0.1, 0.15) is 16.1 Å². The van der Waals surface area contributed by atoms with Gasteiger partial charge in [0.15, 0.2) is 5.82 Å². The van der Waals surface area contributed by atoms with E-state index in [9.17, 15) is 22.8 Å². The number of rotatable bonds is 5. The first-order valence-corrected chi connectivity index (χ1v) is 9.56. The zero-order valence-electron chi connectivity index (χ0n) is 18.3. The highest BCUT2D eigenvalue weighted by Gasteiger charge is 2.38. The maximum absolute atomic E-state index is 12.5. The van der Waals surface area contributed by atoms with E-state index in [1.807, 2.05) is 20.3 Å². The molecule has 1 aromatic carbocycles. The lowest BCUT2D eigenvalue weighted by Gasteiger charge is -2.09. The van der Waals surface area contributed by atoms with E-state index < -0.39 is 12.1 Å². The average molecular weight is 468 g/mol. The Kier molecular flexibility index (Phi) is 7.93. The predicted octanol–water partition coefficient (Wildman–Crippen LogP) is 1.89. The highest BCUT2D eigenvalue weighted by molar-refractivity contribution is 6.05. The van der Waals surface area contributed by atoms with Crippen LogP contribution in [-0.2, 0) is 18.4 Å². The zero-order chi connectivity index (χ0) is 24.9. The van der Waals surface area contributed by atoms with Crippen LogP contribution in [0.2, 0.25) is 0 Å². The number of nitrogens with zero attached hydrogens (tertiary/aromatic N) is 5. The number of benzene rings is 1. The molecule has 178 valence electrons. The molecule has 0 atom stereocenters. The summed E-state index contributed by atoms with van der Waals surface area (Å²) in [5.74, 6) is -2.55. The molecule has 0 unspecified atom stereocenters. The van der Waals surface area contributed by atoms with Crippen LogP contribution in [0.25, 0.3) is 11.0 Å². The second kappa shape index (κ2) is 10.3. The van der Waals surface area contributed by atoms with Gasteiger partial charge in [0.2, 0.25) is 0 Å². The molecule has 0 saturated carbocycles. The first-order chi connectivity index (χ1) is 15.3. The molecule has 0 aliphatic heterocycles. The van der Waals surface area contributed by atoms with Crippen molar-refractivity contribution < 1.29 is 27.9 Å². The zero-order valence-corrected chi connectivity index (χ0v) is 18.3. The Hall–Kier alpha value is -3.74. The van der Waals surface area contributed by atoms with E-state index >= 15 is 0 Å². The number of aliphatic carboxylic acids is 1. The van der Waals surface area contributed by atoms with Gasteiger partial charge in [-0.2, -0.15) is 18.3 Å². The number of carboxylic acid groups (broad SMARTS) is 1. The lowest BCUT2D eigenvalue weighted by atomic mass is 10.1. The van der Waals surface area contributed by atoms with Crippen LogP contribution in [0.3, 0.4) is 0 Å². The number of carbonyl (C=O) groups excluding carboxylic acids is 1. The van der Waals surface area contributed by atoms with Crippen molar-refractivity contribution in [1.29, 1.82) is 0 Å². The van der Waals surface area contributed by atoms with E-state index in [1.54, 1.807) is 42.9 Å². The summed E-state index contributed by atoms with van der Waals surface area (Å²) in [5, 5.41) is 14.3. The van der Waals surface area contributed by atoms with Gasteiger partial charge in [-0.05, 0) is 39.2 Å². The van der Waals surface area contributed by atoms with Crippen molar-refractivity contribution in [2.24, 2.45) is 7.05 Å². The van der Waals surface area contributed by atoms with Crippen molar-refractivity contribution in [2.75, 3.05) is 26.0 Å². The largest absolute Gasteiger partial charge is 0.490 e. The topological polar surface area (TPSA) is 122 Å². The number of alkyl halides is 3. The second-order valence-electron chi connectivity index (χ2n) is 7.29. The molecule has 0 radical (unpaired) electrons. The molecule has 0 aliphatic carbocycles. The van der Waals surface area contributed by atoms with Gasteiger partial charge in [-0.3, -0.25) is 14.3 Å². The summed E-state index contributed by atoms with van der Waals surface area (Å²) in [4.78, 5) is 39.8. The van der Waals surface area contributed by atoms with Gasteiger partial charge in [-0.15, -0.1) is 0 Å². The number of aryl methyl sites for hydroxylation is 2. The van der Waals surface area contributed by atoms with E-state index in [0.29, 0.717) is 28.1 Å². The van der Waals surface area contributed by atoms with E-state index in [0.717, 1.165) is 13.1 Å². The van der Waals surface area contributed by atoms with Crippen molar-refractivity contribution in [3.63, 3.8) is 0 Å². The molecule has 0 bridgehead atoms. The molecule has 2 aromatic heterocycles. The standard InChI is InChI=1S/C18H22N6O2.C2HF3O2/c1-12-18(26)23(4)15-11-13(5-6-14(15)19-12)17(25)20-16-7-8-24(21-16)10-9-22(2)3;3-2(4,5)1(6)7/h5-8,11H,9-10H2,1-4H3,(H,20,21,25);(H,6,7). The van der Waals surface area contributed by atoms with Crippen molar-refractivity contribution >= 4 is 28.7 Å². The molecule has 33 heavy (non-hydrogen) atoms. The minimum atomic E-state index is -5.08. The number of carboxylic acids is 1. The number of hydrogen-bond donors (Lipinski definition) is 2. The number of hydrogen-bond acceptors (Lipinski definition) is 6. The summed E-state index contributed by atoms with van der Waals surface area (Å²) in [5.41, 5.74) is 2.00. The SMILES string of the molecule is Cc1nc2ccc(C(=O)Nc3ccn(CCN(C)C)n3)cc2n(C)c1=O.O=C(O)C(F)(F)F. The molecule has 3 rings (SSSR count). The van der Waals surface area contributed by atoms with Crippen LogP contribution in [-0.4, -0.2) is 68.0 Å². The van der Waals surface area contributed by atoms with E-state index in [2.05, 4.69) is 20.3 Å². The summed E-state index contributed by atoms with van der Waals surface area (Å²) in [6, 6.07) is 6.86. The number of likely N-dealkylation sites (N-methyl/N-ethyl adjacent to an activating group) is 1. The molecule has 13 heteroatoms. The molecule has 0 fully saturated rings. The minimum absolute atomic E-state index is 0.172. The number of aromatic nitrogens is 4. The Bertz CT molecular complexity index is 1220. The second-order valence-corrected chi connectivity index (χ2v) is 7.29. The van der Waals surface area contributed by atoms with Crippen LogP contribution in [0.15, 0.2) is 35.3 Å². The van der Waals surface area contributed by atoms with Crippen LogP contribution in [0.5, 0.6) is 0 Å². The van der Waals surface area contributed by atoms with Crippen molar-refractivity contribution in [2.45, 2.75) is 19.6 Å². The molecule has 10 nitrogen and oxygen atoms in total. The maximum atomic E-state index is 12.5. The Morgan fingerprint density at radius 2 is 1.85 bits per heavy atom. The summed E-state index contributed by atoms with van der Waals surface area (Å²) in [6.07, 6.45) is -3.25. The summed E-state index contributed by atoms with van der Waals surface area (Å²) in [6.45, 7) is 3.28. The number of nitrogens with one attached hydrogen (secondary N) is 1. The molecule has 0 spiro atoms. The monoisotopic (exact) mass is 468 g/mol. The first-order valence-electron chi connectivity index (χ1n) is 9.56. The maximum Gasteiger partial charge on any atom is 0.490 e. The highest BCUT2D eigenvalue weighted by atomic mass is 19.4. The van der Waals surface area contributed by atoms with Crippen LogP contribution < -0.4 is 10.9 Å². The fourth-order valence-corrected chi connectivity index (χ4v) is 2.65. The number of anilines is 1. The molecular weight excluding hydrogens is 445 g/mol. The summed E-state index contributed by atoms with van der Waals surface area (Å²) < 4.78 is 35.0. The Balaban J connectivity index is 0.000000479. The molecule has 0 saturated heterocycles. The molecule has 3 aromatic rings. The lowest BCUT2D eigenvalue weighted by molar-refractivity contribution is -0.192. The van der Waals surface area contributed by atoms with Crippen LogP contribution >= 0.6 is 0 Å². The molecular formula is C20H23F3N6O4. The van der Waals surface area contributed by atoms with E-state index in [1.165, 1.54) is 4.57 Å². The fraction of sp³-hybridized carbons (Fsp3) is 0.350. The number of fused-ring (bicyclic) bond motifs is 1. The third kappa shape index (κ3) is 6.87. The number of amides is 1. The molecule has 1 amide bonds. The van der Waals surface area contributed by atoms with Gasteiger partial charge >= 0.3 is 12.1 Å². The average Bonchev–Trinajstić information content (AvgIpc) is 3.17. The van der Waals surface area contributed by atoms with Crippen LogP contribution in [0, 0.1) is 6.92 Å². The smallest absolute Gasteiger partial charge is 0.475 e. The van der Waals surface area contributed by atoms with Gasteiger partial charge in [0.05, 0.1) is 17.6 Å². The Labute approximate surface area is 186 Å². The predicted molar refractivity (Wildman–Crippen MR) is 114 cm³/mol. The summed E-state index contributed by atoms with van der Waals surface area (Å²) in [7, 11) is 5.67. The Morgan fingerprint density at radius 3 is 2.42 bits per heavy atom. The molecule has 0 aliphatic rings. The fourth-order valence-electron chi connectivity index (χ4n) is 2.65. The summed E-state index contributed by atoms with van der Waals surface area (Å²) >= 11 is 0. The highest BCUT2D eigenvalue weighted by Crippen LogP contribution is 2.15. The van der Waals surface area contributed by atoms with Crippen LogP contribution in [0.4, 0.5) is 19.0 Å². The Morgan fingerprint density at radius 1 is 1.21 bits per heavy atom. The minimum Gasteiger partial charge on any atom is -0.475 e. The van der Waals surface area contributed by atoms with Gasteiger partial charge in [-0.1, -0.05) is 0 Å². The molecule has 2 heterocycles. The van der Waals surface area contributed by atoms with Gasteiger partial charge in [0, 0.05) is 31.4 Å². The quantitative estimate of drug-likeness (QED) is 0.586. The molecule has 2 N–H and O–H groups in total. The van der Waals surface area contributed by atoms with Gasteiger partial charge in [0.25, 0.3) is 11.5 Å². The van der Waals surface area contributed by atoms with Gasteiger partial charge < -0.3 is 19.9 Å². The normalized spacial score (nSPS) is 11.3. The third-order valence-corrected chi connectivity index (χ3v) is 4.40.